The number of allylic oxidation sites excluding steroid dienone is 1. The first-order valence-corrected chi connectivity index (χ1v) is 11.8. The van der Waals surface area contributed by atoms with Gasteiger partial charge in [0.2, 0.25) is 0 Å². The zero-order valence-corrected chi connectivity index (χ0v) is 19.0. The van der Waals surface area contributed by atoms with Crippen LogP contribution in [0.3, 0.4) is 0 Å². The first-order chi connectivity index (χ1) is 15.6. The highest BCUT2D eigenvalue weighted by Gasteiger charge is 2.27. The van der Waals surface area contributed by atoms with Gasteiger partial charge < -0.3 is 15.2 Å². The van der Waals surface area contributed by atoms with Crippen LogP contribution >= 0.6 is 0 Å². The lowest BCUT2D eigenvalue weighted by Gasteiger charge is -2.36. The molecule has 2 heterocycles. The Morgan fingerprint density at radius 2 is 1.81 bits per heavy atom. The molecule has 1 atom stereocenters. The molecule has 0 radical (unpaired) electrons. The molecule has 0 fully saturated rings. The Kier molecular flexibility index (Phi) is 7.43. The molecule has 2 aliphatic rings. The van der Waals surface area contributed by atoms with E-state index in [0.29, 0.717) is 13.1 Å². The molecule has 0 unspecified atom stereocenters. The summed E-state index contributed by atoms with van der Waals surface area (Å²) in [5.74, 6) is -1.10. The average Bonchev–Trinajstić information content (AvgIpc) is 3.25. The summed E-state index contributed by atoms with van der Waals surface area (Å²) in [5.41, 5.74) is 5.25. The van der Waals surface area contributed by atoms with Crippen molar-refractivity contribution in [3.63, 3.8) is 0 Å². The number of amides is 2. The van der Waals surface area contributed by atoms with E-state index in [2.05, 4.69) is 56.5 Å². The molecule has 2 N–H and O–H groups in total. The van der Waals surface area contributed by atoms with Crippen LogP contribution in [0.2, 0.25) is 0 Å². The third-order valence-corrected chi connectivity index (χ3v) is 6.71. The minimum Gasteiger partial charge on any atom is -0.353 e. The summed E-state index contributed by atoms with van der Waals surface area (Å²) in [6.45, 7) is 2.67. The summed E-state index contributed by atoms with van der Waals surface area (Å²) in [6, 6.07) is 12.7. The van der Waals surface area contributed by atoms with Gasteiger partial charge in [-0.3, -0.25) is 14.5 Å². The normalized spacial score (nSPS) is 17.2. The molecule has 170 valence electrons. The minimum atomic E-state index is -0.556. The van der Waals surface area contributed by atoms with E-state index in [0.717, 1.165) is 44.5 Å². The van der Waals surface area contributed by atoms with Crippen molar-refractivity contribution in [1.82, 2.24) is 20.1 Å². The van der Waals surface area contributed by atoms with E-state index in [9.17, 15) is 9.59 Å². The number of rotatable bonds is 7. The van der Waals surface area contributed by atoms with Crippen LogP contribution in [0, 0.1) is 0 Å². The number of nitrogens with zero attached hydrogens (tertiary/aromatic N) is 2. The Bertz CT molecular complexity index is 978. The van der Waals surface area contributed by atoms with Crippen LogP contribution in [0.5, 0.6) is 0 Å². The molecule has 2 aromatic rings. The molecule has 0 bridgehead atoms. The van der Waals surface area contributed by atoms with E-state index < -0.39 is 11.8 Å². The standard InChI is InChI=1S/C26H34N4O2/c1-29-16-7-12-23(29)24(30-17-14-21-10-5-6-11-22(21)19-30)18-28-26(32)25(31)27-15-13-20-8-3-2-4-9-20/h5-8,10-12,16,24H,2-4,9,13-15,17-19H2,1H3,(H,27,31)(H,28,32)/t24-/m1/s1. The van der Waals surface area contributed by atoms with Crippen molar-refractivity contribution < 1.29 is 9.59 Å². The molecule has 2 amide bonds. The molecule has 1 aliphatic heterocycles. The van der Waals surface area contributed by atoms with Crippen molar-refractivity contribution in [3.05, 3.63) is 71.1 Å². The van der Waals surface area contributed by atoms with Crippen molar-refractivity contribution in [2.24, 2.45) is 7.05 Å². The van der Waals surface area contributed by atoms with Crippen molar-refractivity contribution in [2.45, 2.75) is 51.1 Å². The summed E-state index contributed by atoms with van der Waals surface area (Å²) in [5, 5.41) is 5.67. The fourth-order valence-electron chi connectivity index (χ4n) is 4.84. The van der Waals surface area contributed by atoms with E-state index in [1.54, 1.807) is 0 Å². The van der Waals surface area contributed by atoms with E-state index in [-0.39, 0.29) is 6.04 Å². The van der Waals surface area contributed by atoms with Gasteiger partial charge in [0.05, 0.1) is 6.04 Å². The van der Waals surface area contributed by atoms with E-state index >= 15 is 0 Å². The van der Waals surface area contributed by atoms with Crippen LogP contribution in [-0.4, -0.2) is 40.9 Å². The zero-order chi connectivity index (χ0) is 22.3. The molecular formula is C26H34N4O2. The smallest absolute Gasteiger partial charge is 0.309 e. The summed E-state index contributed by atoms with van der Waals surface area (Å²) >= 11 is 0. The molecule has 6 heteroatoms. The molecule has 4 rings (SSSR count). The number of nitrogens with one attached hydrogen (secondary N) is 2. The van der Waals surface area contributed by atoms with Gasteiger partial charge in [0.1, 0.15) is 0 Å². The fourth-order valence-corrected chi connectivity index (χ4v) is 4.84. The molecule has 32 heavy (non-hydrogen) atoms. The summed E-state index contributed by atoms with van der Waals surface area (Å²) in [7, 11) is 2.02. The second-order valence-corrected chi connectivity index (χ2v) is 8.87. The van der Waals surface area contributed by atoms with Crippen molar-refractivity contribution >= 4 is 11.8 Å². The van der Waals surface area contributed by atoms with Gasteiger partial charge in [-0.2, -0.15) is 0 Å². The first kappa shape index (κ1) is 22.3. The Hall–Kier alpha value is -2.86. The number of carbonyl (C=O) groups excluding carboxylic acids is 2. The fraction of sp³-hybridized carbons (Fsp3) is 0.462. The average molecular weight is 435 g/mol. The van der Waals surface area contributed by atoms with Gasteiger partial charge >= 0.3 is 11.8 Å². The van der Waals surface area contributed by atoms with Gasteiger partial charge in [-0.25, -0.2) is 0 Å². The molecule has 6 nitrogen and oxygen atoms in total. The van der Waals surface area contributed by atoms with Crippen LogP contribution in [0.4, 0.5) is 0 Å². The quantitative estimate of drug-likeness (QED) is 0.519. The summed E-state index contributed by atoms with van der Waals surface area (Å²) in [4.78, 5) is 27.2. The third kappa shape index (κ3) is 5.49. The van der Waals surface area contributed by atoms with Gasteiger partial charge in [0.25, 0.3) is 0 Å². The molecule has 1 aliphatic carbocycles. The SMILES string of the molecule is Cn1cccc1[C@@H](CNC(=O)C(=O)NCCC1=CCCCC1)N1CCc2ccccc2C1. The number of aryl methyl sites for hydroxylation is 1. The first-order valence-electron chi connectivity index (χ1n) is 11.8. The monoisotopic (exact) mass is 434 g/mol. The molecule has 1 aromatic carbocycles. The Morgan fingerprint density at radius 3 is 2.56 bits per heavy atom. The molecular weight excluding hydrogens is 400 g/mol. The highest BCUT2D eigenvalue weighted by molar-refractivity contribution is 6.35. The number of hydrogen-bond acceptors (Lipinski definition) is 3. The number of aromatic nitrogens is 1. The topological polar surface area (TPSA) is 66.4 Å². The van der Waals surface area contributed by atoms with Gasteiger partial charge in [0.15, 0.2) is 0 Å². The van der Waals surface area contributed by atoms with Gasteiger partial charge in [-0.05, 0) is 61.8 Å². The highest BCUT2D eigenvalue weighted by Crippen LogP contribution is 2.27. The van der Waals surface area contributed by atoms with Crippen molar-refractivity contribution in [3.8, 4) is 0 Å². The Morgan fingerprint density at radius 1 is 1.00 bits per heavy atom. The minimum absolute atomic E-state index is 0.00694. The second kappa shape index (κ2) is 10.6. The maximum atomic E-state index is 12.5. The van der Waals surface area contributed by atoms with Crippen LogP contribution in [0.25, 0.3) is 0 Å². The van der Waals surface area contributed by atoms with E-state index in [1.807, 2.05) is 19.3 Å². The number of fused-ring (bicyclic) bond motifs is 1. The lowest BCUT2D eigenvalue weighted by Crippen LogP contribution is -2.45. The van der Waals surface area contributed by atoms with Crippen LogP contribution in [0.1, 0.15) is 55.0 Å². The predicted octanol–water partition coefficient (Wildman–Crippen LogP) is 3.25. The van der Waals surface area contributed by atoms with Gasteiger partial charge in [-0.1, -0.05) is 35.9 Å². The second-order valence-electron chi connectivity index (χ2n) is 8.87. The van der Waals surface area contributed by atoms with E-state index in [1.165, 1.54) is 29.5 Å². The van der Waals surface area contributed by atoms with Gasteiger partial charge in [-0.15, -0.1) is 0 Å². The summed E-state index contributed by atoms with van der Waals surface area (Å²) < 4.78 is 2.09. The Labute approximate surface area is 190 Å². The number of benzene rings is 1. The predicted molar refractivity (Wildman–Crippen MR) is 126 cm³/mol. The van der Waals surface area contributed by atoms with Crippen molar-refractivity contribution in [2.75, 3.05) is 19.6 Å². The maximum absolute atomic E-state index is 12.5. The third-order valence-electron chi connectivity index (χ3n) is 6.71. The molecule has 0 spiro atoms. The molecule has 0 saturated heterocycles. The van der Waals surface area contributed by atoms with Crippen LogP contribution in [0.15, 0.2) is 54.2 Å². The highest BCUT2D eigenvalue weighted by atomic mass is 16.2. The lowest BCUT2D eigenvalue weighted by atomic mass is 9.97. The summed E-state index contributed by atoms with van der Waals surface area (Å²) in [6.07, 6.45) is 10.8. The lowest BCUT2D eigenvalue weighted by molar-refractivity contribution is -0.139. The Balaban J connectivity index is 1.34. The number of carbonyl (C=O) groups is 2. The maximum Gasteiger partial charge on any atom is 0.309 e. The van der Waals surface area contributed by atoms with E-state index in [4.69, 9.17) is 0 Å². The van der Waals surface area contributed by atoms with Crippen LogP contribution in [-0.2, 0) is 29.6 Å². The van der Waals surface area contributed by atoms with Crippen LogP contribution < -0.4 is 10.6 Å². The largest absolute Gasteiger partial charge is 0.353 e. The molecule has 0 saturated carbocycles. The molecule has 1 aromatic heterocycles. The van der Waals surface area contributed by atoms with Crippen molar-refractivity contribution in [1.29, 1.82) is 0 Å². The van der Waals surface area contributed by atoms with Gasteiger partial charge in [0, 0.05) is 45.1 Å². The number of hydrogen-bond donors (Lipinski definition) is 2. The zero-order valence-electron chi connectivity index (χ0n) is 19.0.